The largest absolute Gasteiger partial charge is 0.744 e. The predicted octanol–water partition coefficient (Wildman–Crippen LogP) is -0.0348. The molecule has 0 aliphatic carbocycles. The van der Waals surface area contributed by atoms with Gasteiger partial charge in [-0.05, 0) is 31.9 Å². The Bertz CT molecular complexity index is 538. The molecule has 0 atom stereocenters. The van der Waals surface area contributed by atoms with Gasteiger partial charge in [-0.15, -0.1) is 0 Å². The van der Waals surface area contributed by atoms with E-state index in [0.717, 1.165) is 18.7 Å². The first-order valence-corrected chi connectivity index (χ1v) is 7.37. The number of rotatable bonds is 1. The van der Waals surface area contributed by atoms with Gasteiger partial charge >= 0.3 is 5.96 Å². The Hall–Kier alpha value is -1.60. The Balaban J connectivity index is 0.000000200. The highest BCUT2D eigenvalue weighted by molar-refractivity contribution is 7.85. The number of benzene rings is 1. The standard InChI is InChI=1S/C7H8O3S.C5H11N3/c1-6-2-4-7(5-3-6)11(8,9)10;6-5(7)8-3-1-2-4-8/h2-5H,1H3,(H,8,9,10);1-4H2,(H3,6,7). The molecule has 106 valence electrons. The molecule has 0 aromatic heterocycles. The molecule has 1 fully saturated rings. The minimum absolute atomic E-state index is 0.178. The van der Waals surface area contributed by atoms with E-state index >= 15 is 0 Å². The Kier molecular flexibility index (Phi) is 5.31. The van der Waals surface area contributed by atoms with Gasteiger partial charge in [-0.2, -0.15) is 0 Å². The van der Waals surface area contributed by atoms with Gasteiger partial charge in [0, 0.05) is 0 Å². The highest BCUT2D eigenvalue weighted by atomic mass is 32.2. The Morgan fingerprint density at radius 2 is 1.63 bits per heavy atom. The van der Waals surface area contributed by atoms with Crippen LogP contribution in [0.2, 0.25) is 0 Å². The van der Waals surface area contributed by atoms with Crippen molar-refractivity contribution in [1.29, 1.82) is 0 Å². The number of nitrogens with two attached hydrogens (primary N) is 2. The van der Waals surface area contributed by atoms with Crippen molar-refractivity contribution in [2.24, 2.45) is 11.5 Å². The number of aryl methyl sites for hydroxylation is 1. The average molecular weight is 285 g/mol. The lowest BCUT2D eigenvalue weighted by Crippen LogP contribution is -2.34. The Labute approximate surface area is 113 Å². The summed E-state index contributed by atoms with van der Waals surface area (Å²) in [5.41, 5.74) is 11.6. The molecule has 2 rings (SSSR count). The lowest BCUT2D eigenvalue weighted by atomic mass is 10.2. The molecule has 6 nitrogen and oxygen atoms in total. The first-order valence-electron chi connectivity index (χ1n) is 5.96. The third-order valence-electron chi connectivity index (χ3n) is 2.78. The second-order valence-corrected chi connectivity index (χ2v) is 5.77. The zero-order chi connectivity index (χ0) is 14.5. The van der Waals surface area contributed by atoms with Gasteiger partial charge < -0.3 is 4.55 Å². The monoisotopic (exact) mass is 285 g/mol. The van der Waals surface area contributed by atoms with Crippen molar-refractivity contribution in [2.45, 2.75) is 24.7 Å². The summed E-state index contributed by atoms with van der Waals surface area (Å²) in [6, 6.07) is 5.78. The lowest BCUT2D eigenvalue weighted by molar-refractivity contribution is -0.507. The third-order valence-corrected chi connectivity index (χ3v) is 3.63. The van der Waals surface area contributed by atoms with Crippen molar-refractivity contribution < 1.29 is 17.5 Å². The van der Waals surface area contributed by atoms with Gasteiger partial charge in [0.15, 0.2) is 0 Å². The van der Waals surface area contributed by atoms with E-state index in [1.165, 1.54) is 25.0 Å². The summed E-state index contributed by atoms with van der Waals surface area (Å²) in [5.74, 6) is 0.475. The normalized spacial score (nSPS) is 14.7. The summed E-state index contributed by atoms with van der Waals surface area (Å²) < 4.78 is 33.2. The van der Waals surface area contributed by atoms with Crippen LogP contribution in [0.4, 0.5) is 0 Å². The van der Waals surface area contributed by atoms with Crippen LogP contribution in [-0.4, -0.2) is 36.6 Å². The summed E-state index contributed by atoms with van der Waals surface area (Å²) in [5, 5.41) is 0. The molecule has 1 heterocycles. The smallest absolute Gasteiger partial charge is 0.341 e. The zero-order valence-corrected chi connectivity index (χ0v) is 11.7. The molecule has 0 unspecified atom stereocenters. The van der Waals surface area contributed by atoms with E-state index in [9.17, 15) is 13.0 Å². The van der Waals surface area contributed by atoms with Crippen LogP contribution in [-0.2, 0) is 10.1 Å². The van der Waals surface area contributed by atoms with Crippen LogP contribution in [0.1, 0.15) is 18.4 Å². The molecule has 0 bridgehead atoms. The topological polar surface area (TPSA) is 112 Å². The fourth-order valence-corrected chi connectivity index (χ4v) is 2.15. The van der Waals surface area contributed by atoms with Crippen LogP contribution in [0, 0.1) is 6.92 Å². The summed E-state index contributed by atoms with van der Waals surface area (Å²) >= 11 is 0. The molecule has 1 aromatic rings. The maximum atomic E-state index is 10.4. The number of nitrogens with zero attached hydrogens (tertiary/aromatic N) is 1. The molecule has 1 aliphatic rings. The molecule has 0 spiro atoms. The maximum Gasteiger partial charge on any atom is 0.341 e. The number of hydrogen-bond acceptors (Lipinski definition) is 3. The number of hydrogen-bond donors (Lipinski definition) is 2. The molecule has 0 amide bonds. The van der Waals surface area contributed by atoms with Gasteiger partial charge in [-0.1, -0.05) is 17.7 Å². The first kappa shape index (κ1) is 15.5. The Morgan fingerprint density at radius 3 is 1.95 bits per heavy atom. The summed E-state index contributed by atoms with van der Waals surface area (Å²) in [6.07, 6.45) is 2.47. The molecule has 0 saturated carbocycles. The van der Waals surface area contributed by atoms with E-state index in [2.05, 4.69) is 0 Å². The lowest BCUT2D eigenvalue weighted by Gasteiger charge is -2.05. The van der Waals surface area contributed by atoms with Crippen molar-refractivity contribution in [3.63, 3.8) is 0 Å². The average Bonchev–Trinajstić information content (AvgIpc) is 2.82. The van der Waals surface area contributed by atoms with Crippen LogP contribution in [0.15, 0.2) is 29.2 Å². The molecule has 1 saturated heterocycles. The van der Waals surface area contributed by atoms with Crippen molar-refractivity contribution in [3.8, 4) is 0 Å². The fourth-order valence-electron chi connectivity index (χ4n) is 1.68. The van der Waals surface area contributed by atoms with Crippen LogP contribution in [0.3, 0.4) is 0 Å². The summed E-state index contributed by atoms with van der Waals surface area (Å²) in [7, 11) is -4.27. The number of guanidine groups is 1. The molecule has 4 N–H and O–H groups in total. The molecular weight excluding hydrogens is 266 g/mol. The van der Waals surface area contributed by atoms with E-state index in [4.69, 9.17) is 11.5 Å². The van der Waals surface area contributed by atoms with Gasteiger partial charge in [-0.3, -0.25) is 16.0 Å². The van der Waals surface area contributed by atoms with Gasteiger partial charge in [0.2, 0.25) is 0 Å². The first-order chi connectivity index (χ1) is 8.80. The van der Waals surface area contributed by atoms with E-state index in [-0.39, 0.29) is 4.90 Å². The minimum atomic E-state index is -4.27. The highest BCUT2D eigenvalue weighted by Gasteiger charge is 2.09. The Morgan fingerprint density at radius 1 is 1.16 bits per heavy atom. The maximum absolute atomic E-state index is 10.4. The van der Waals surface area contributed by atoms with Gasteiger partial charge in [-0.25, -0.2) is 8.42 Å². The molecule has 7 heteroatoms. The van der Waals surface area contributed by atoms with Crippen molar-refractivity contribution in [2.75, 3.05) is 13.1 Å². The van der Waals surface area contributed by atoms with Gasteiger partial charge in [0.1, 0.15) is 10.1 Å². The third kappa shape index (κ3) is 5.27. The van der Waals surface area contributed by atoms with E-state index in [1.807, 2.05) is 11.5 Å². The molecule has 1 aromatic carbocycles. The molecule has 1 aliphatic heterocycles. The fraction of sp³-hybridized carbons (Fsp3) is 0.417. The van der Waals surface area contributed by atoms with Crippen LogP contribution in [0.25, 0.3) is 0 Å². The van der Waals surface area contributed by atoms with E-state index in [0.29, 0.717) is 5.96 Å². The molecule has 0 radical (unpaired) electrons. The molecule has 19 heavy (non-hydrogen) atoms. The van der Waals surface area contributed by atoms with Crippen molar-refractivity contribution in [1.82, 2.24) is 0 Å². The van der Waals surface area contributed by atoms with E-state index < -0.39 is 10.1 Å². The minimum Gasteiger partial charge on any atom is -0.744 e. The predicted molar refractivity (Wildman–Crippen MR) is 71.8 cm³/mol. The molecular formula is C12H19N3O3S. The highest BCUT2D eigenvalue weighted by Crippen LogP contribution is 2.08. The van der Waals surface area contributed by atoms with Gasteiger partial charge in [0.25, 0.3) is 0 Å². The van der Waals surface area contributed by atoms with Crippen molar-refractivity contribution in [3.05, 3.63) is 29.8 Å². The quantitative estimate of drug-likeness (QED) is 0.427. The van der Waals surface area contributed by atoms with E-state index in [1.54, 1.807) is 12.1 Å². The van der Waals surface area contributed by atoms with Crippen LogP contribution < -0.4 is 11.5 Å². The van der Waals surface area contributed by atoms with Crippen molar-refractivity contribution >= 4 is 16.1 Å². The summed E-state index contributed by atoms with van der Waals surface area (Å²) in [4.78, 5) is -0.178. The SMILES string of the molecule is Cc1ccc(S(=O)(=O)[O-])cc1.NC(N)=[N+]1CCCC1. The van der Waals surface area contributed by atoms with Crippen LogP contribution >= 0.6 is 0 Å². The zero-order valence-electron chi connectivity index (χ0n) is 10.9. The second kappa shape index (κ2) is 6.53. The summed E-state index contributed by atoms with van der Waals surface area (Å²) in [6.45, 7) is 3.91. The van der Waals surface area contributed by atoms with Crippen LogP contribution in [0.5, 0.6) is 0 Å². The van der Waals surface area contributed by atoms with Gasteiger partial charge in [0.05, 0.1) is 18.0 Å². The second-order valence-electron chi connectivity index (χ2n) is 4.39.